The van der Waals surface area contributed by atoms with Gasteiger partial charge in [0.05, 0.1) is 5.56 Å². The predicted octanol–water partition coefficient (Wildman–Crippen LogP) is -0.234. The summed E-state index contributed by atoms with van der Waals surface area (Å²) in [6.45, 7) is 0. The Balaban J connectivity index is 3.44. The van der Waals surface area contributed by atoms with E-state index in [9.17, 15) is 13.2 Å². The molecule has 0 aliphatic rings. The summed E-state index contributed by atoms with van der Waals surface area (Å²) >= 11 is 0. The Hall–Kier alpha value is -1.63. The summed E-state index contributed by atoms with van der Waals surface area (Å²) in [4.78, 5) is 13.7. The molecule has 0 saturated heterocycles. The van der Waals surface area contributed by atoms with E-state index in [2.05, 4.69) is 4.98 Å². The van der Waals surface area contributed by atoms with Gasteiger partial charge in [-0.05, 0) is 6.07 Å². The molecule has 76 valence electrons. The lowest BCUT2D eigenvalue weighted by Crippen LogP contribution is -2.07. The molecular formula is C7H8N2O4S. The summed E-state index contributed by atoms with van der Waals surface area (Å²) in [5.74, 6) is -1.44. The van der Waals surface area contributed by atoms with Gasteiger partial charge in [0.2, 0.25) is 0 Å². The van der Waals surface area contributed by atoms with Gasteiger partial charge in [0.1, 0.15) is 10.7 Å². The molecule has 7 heteroatoms. The highest BCUT2D eigenvalue weighted by molar-refractivity contribution is 7.90. The number of aromatic carboxylic acids is 1. The third kappa shape index (κ3) is 1.99. The van der Waals surface area contributed by atoms with Crippen LogP contribution in [-0.4, -0.2) is 30.7 Å². The van der Waals surface area contributed by atoms with E-state index < -0.39 is 15.8 Å². The third-order valence-corrected chi connectivity index (χ3v) is 2.65. The van der Waals surface area contributed by atoms with Crippen molar-refractivity contribution in [2.45, 2.75) is 4.90 Å². The number of aromatic nitrogens is 1. The maximum absolute atomic E-state index is 11.1. The van der Waals surface area contributed by atoms with Crippen molar-refractivity contribution in [3.63, 3.8) is 0 Å². The molecule has 6 nitrogen and oxygen atoms in total. The highest BCUT2D eigenvalue weighted by Gasteiger charge is 2.15. The molecule has 0 unspecified atom stereocenters. The minimum Gasteiger partial charge on any atom is -0.478 e. The number of carbonyl (C=O) groups is 1. The molecule has 0 aliphatic carbocycles. The normalized spacial score (nSPS) is 11.2. The number of rotatable bonds is 2. The molecule has 0 bridgehead atoms. The van der Waals surface area contributed by atoms with Gasteiger partial charge in [-0.15, -0.1) is 0 Å². The quantitative estimate of drug-likeness (QED) is 0.706. The zero-order chi connectivity index (χ0) is 10.9. The Morgan fingerprint density at radius 2 is 2.14 bits per heavy atom. The first-order valence-electron chi connectivity index (χ1n) is 3.51. The van der Waals surface area contributed by atoms with Crippen LogP contribution in [0, 0.1) is 0 Å². The fraction of sp³-hybridized carbons (Fsp3) is 0.143. The van der Waals surface area contributed by atoms with E-state index in [0.29, 0.717) is 0 Å². The molecule has 1 aromatic rings. The van der Waals surface area contributed by atoms with Gasteiger partial charge in [0.15, 0.2) is 9.84 Å². The van der Waals surface area contributed by atoms with Gasteiger partial charge in [-0.2, -0.15) is 0 Å². The molecule has 0 atom stereocenters. The van der Waals surface area contributed by atoms with E-state index in [0.717, 1.165) is 18.5 Å². The Morgan fingerprint density at radius 3 is 2.57 bits per heavy atom. The van der Waals surface area contributed by atoms with E-state index in [1.807, 2.05) is 0 Å². The molecule has 14 heavy (non-hydrogen) atoms. The first-order chi connectivity index (χ1) is 6.32. The summed E-state index contributed by atoms with van der Waals surface area (Å²) in [5.41, 5.74) is 5.08. The van der Waals surface area contributed by atoms with Gasteiger partial charge in [-0.1, -0.05) is 0 Å². The number of pyridine rings is 1. The average Bonchev–Trinajstić information content (AvgIpc) is 2.02. The standard InChI is InChI=1S/C7H8N2O4S/c1-14(12,13)5-2-4(7(10)11)3-9-6(5)8/h2-3H,1H3,(H2,8,9)(H,10,11). The molecule has 1 heterocycles. The van der Waals surface area contributed by atoms with E-state index in [4.69, 9.17) is 10.8 Å². The summed E-state index contributed by atoms with van der Waals surface area (Å²) in [6, 6.07) is 0.986. The number of nitrogen functional groups attached to an aromatic ring is 1. The van der Waals surface area contributed by atoms with Crippen molar-refractivity contribution in [2.24, 2.45) is 0 Å². The number of anilines is 1. The van der Waals surface area contributed by atoms with Crippen molar-refractivity contribution < 1.29 is 18.3 Å². The van der Waals surface area contributed by atoms with Crippen LogP contribution in [0.25, 0.3) is 0 Å². The lowest BCUT2D eigenvalue weighted by Gasteiger charge is -2.02. The molecule has 0 aliphatic heterocycles. The highest BCUT2D eigenvalue weighted by atomic mass is 32.2. The molecular weight excluding hydrogens is 208 g/mol. The van der Waals surface area contributed by atoms with Crippen LogP contribution in [0.1, 0.15) is 10.4 Å². The van der Waals surface area contributed by atoms with Crippen molar-refractivity contribution in [1.29, 1.82) is 0 Å². The van der Waals surface area contributed by atoms with Crippen molar-refractivity contribution in [3.05, 3.63) is 17.8 Å². The summed E-state index contributed by atoms with van der Waals surface area (Å²) in [5, 5.41) is 8.59. The first kappa shape index (κ1) is 10.5. The maximum Gasteiger partial charge on any atom is 0.337 e. The van der Waals surface area contributed by atoms with Crippen molar-refractivity contribution >= 4 is 21.6 Å². The Morgan fingerprint density at radius 1 is 1.57 bits per heavy atom. The molecule has 0 aromatic carbocycles. The number of sulfone groups is 1. The molecule has 1 aromatic heterocycles. The van der Waals surface area contributed by atoms with Crippen LogP contribution in [0.3, 0.4) is 0 Å². The zero-order valence-corrected chi connectivity index (χ0v) is 8.08. The van der Waals surface area contributed by atoms with Gasteiger partial charge in [-0.3, -0.25) is 0 Å². The van der Waals surface area contributed by atoms with Crippen molar-refractivity contribution in [3.8, 4) is 0 Å². The van der Waals surface area contributed by atoms with Gasteiger partial charge in [0.25, 0.3) is 0 Å². The minimum atomic E-state index is -3.54. The van der Waals surface area contributed by atoms with Crippen LogP contribution < -0.4 is 5.73 Å². The minimum absolute atomic E-state index is 0.197. The molecule has 0 amide bonds. The molecule has 0 radical (unpaired) electrons. The summed E-state index contributed by atoms with van der Waals surface area (Å²) in [6.07, 6.45) is 1.94. The maximum atomic E-state index is 11.1. The fourth-order valence-corrected chi connectivity index (χ4v) is 1.64. The smallest absolute Gasteiger partial charge is 0.337 e. The van der Waals surface area contributed by atoms with Gasteiger partial charge < -0.3 is 10.8 Å². The topological polar surface area (TPSA) is 110 Å². The van der Waals surface area contributed by atoms with Crippen LogP contribution in [0.15, 0.2) is 17.2 Å². The lowest BCUT2D eigenvalue weighted by atomic mass is 10.3. The zero-order valence-electron chi connectivity index (χ0n) is 7.26. The number of nitrogens with zero attached hydrogens (tertiary/aromatic N) is 1. The number of carboxylic acid groups (broad SMARTS) is 1. The second-order valence-corrected chi connectivity index (χ2v) is 4.67. The number of hydrogen-bond acceptors (Lipinski definition) is 5. The SMILES string of the molecule is CS(=O)(=O)c1cc(C(=O)O)cnc1N. The van der Waals surface area contributed by atoms with Crippen LogP contribution >= 0.6 is 0 Å². The van der Waals surface area contributed by atoms with E-state index in [1.165, 1.54) is 0 Å². The van der Waals surface area contributed by atoms with E-state index in [-0.39, 0.29) is 16.3 Å². The van der Waals surface area contributed by atoms with E-state index >= 15 is 0 Å². The van der Waals surface area contributed by atoms with Crippen LogP contribution in [-0.2, 0) is 9.84 Å². The predicted molar refractivity (Wildman–Crippen MR) is 48.7 cm³/mol. The molecule has 0 fully saturated rings. The summed E-state index contributed by atoms with van der Waals surface area (Å²) < 4.78 is 22.2. The Bertz CT molecular complexity index is 480. The van der Waals surface area contributed by atoms with Gasteiger partial charge in [0, 0.05) is 12.5 Å². The number of carboxylic acids is 1. The monoisotopic (exact) mass is 216 g/mol. The second kappa shape index (κ2) is 3.26. The van der Waals surface area contributed by atoms with Gasteiger partial charge in [-0.25, -0.2) is 18.2 Å². The van der Waals surface area contributed by atoms with Crippen LogP contribution in [0.5, 0.6) is 0 Å². The Kier molecular flexibility index (Phi) is 2.43. The van der Waals surface area contributed by atoms with Crippen LogP contribution in [0.2, 0.25) is 0 Å². The molecule has 0 spiro atoms. The molecule has 1 rings (SSSR count). The van der Waals surface area contributed by atoms with Crippen molar-refractivity contribution in [2.75, 3.05) is 12.0 Å². The highest BCUT2D eigenvalue weighted by Crippen LogP contribution is 2.16. The lowest BCUT2D eigenvalue weighted by molar-refractivity contribution is 0.0696. The number of hydrogen-bond donors (Lipinski definition) is 2. The van der Waals surface area contributed by atoms with E-state index in [1.54, 1.807) is 0 Å². The fourth-order valence-electron chi connectivity index (χ4n) is 0.869. The summed E-state index contributed by atoms with van der Waals surface area (Å²) in [7, 11) is -3.54. The Labute approximate surface area is 80.3 Å². The second-order valence-electron chi connectivity index (χ2n) is 2.68. The van der Waals surface area contributed by atoms with Crippen LogP contribution in [0.4, 0.5) is 5.82 Å². The molecule has 3 N–H and O–H groups in total. The average molecular weight is 216 g/mol. The largest absolute Gasteiger partial charge is 0.478 e. The third-order valence-electron chi connectivity index (χ3n) is 1.53. The molecule has 0 saturated carbocycles. The number of nitrogens with two attached hydrogens (primary N) is 1. The van der Waals surface area contributed by atoms with Crippen molar-refractivity contribution in [1.82, 2.24) is 4.98 Å². The first-order valence-corrected chi connectivity index (χ1v) is 5.40. The van der Waals surface area contributed by atoms with Gasteiger partial charge >= 0.3 is 5.97 Å².